The van der Waals surface area contributed by atoms with Gasteiger partial charge < -0.3 is 4.74 Å². The Hall–Kier alpha value is -0.600. The Kier molecular flexibility index (Phi) is 4.29. The second-order valence-electron chi connectivity index (χ2n) is 3.60. The third-order valence-corrected chi connectivity index (χ3v) is 3.82. The lowest BCUT2D eigenvalue weighted by Gasteiger charge is -2.09. The fraction of sp³-hybridized carbons (Fsp3) is 0.0769. The summed E-state index contributed by atoms with van der Waals surface area (Å²) in [6.45, 7) is 0. The highest BCUT2D eigenvalue weighted by Gasteiger charge is 2.10. The normalized spacial score (nSPS) is 10.5. The molecule has 2 aromatic carbocycles. The smallest absolute Gasteiger partial charge is 0.138 e. The molecule has 0 heterocycles. The molecule has 18 heavy (non-hydrogen) atoms. The molecule has 0 fully saturated rings. The van der Waals surface area contributed by atoms with E-state index in [9.17, 15) is 0 Å². The van der Waals surface area contributed by atoms with Crippen molar-refractivity contribution in [3.8, 4) is 16.9 Å². The van der Waals surface area contributed by atoms with Gasteiger partial charge in [0.2, 0.25) is 0 Å². The number of ether oxygens (including phenoxy) is 1. The Bertz CT molecular complexity index is 596. The van der Waals surface area contributed by atoms with Gasteiger partial charge in [0.25, 0.3) is 0 Å². The SMILES string of the molecule is COc1cc(-c2cc(Cl)c(Cl)cc2Cl)ccc1Cl. The molecule has 0 spiro atoms. The Balaban J connectivity index is 2.58. The van der Waals surface area contributed by atoms with Gasteiger partial charge in [-0.15, -0.1) is 0 Å². The molecule has 94 valence electrons. The number of methoxy groups -OCH3 is 1. The summed E-state index contributed by atoms with van der Waals surface area (Å²) in [5.41, 5.74) is 1.64. The van der Waals surface area contributed by atoms with Crippen LogP contribution >= 0.6 is 46.4 Å². The molecule has 5 heteroatoms. The first kappa shape index (κ1) is 13.8. The van der Waals surface area contributed by atoms with E-state index in [1.165, 1.54) is 0 Å². The number of halogens is 4. The van der Waals surface area contributed by atoms with Crippen LogP contribution in [0.4, 0.5) is 0 Å². The maximum atomic E-state index is 6.15. The van der Waals surface area contributed by atoms with Crippen LogP contribution in [-0.2, 0) is 0 Å². The molecule has 0 unspecified atom stereocenters. The monoisotopic (exact) mass is 320 g/mol. The van der Waals surface area contributed by atoms with E-state index in [4.69, 9.17) is 51.1 Å². The zero-order chi connectivity index (χ0) is 13.3. The van der Waals surface area contributed by atoms with E-state index in [0.29, 0.717) is 25.8 Å². The zero-order valence-corrected chi connectivity index (χ0v) is 12.3. The third-order valence-electron chi connectivity index (χ3n) is 2.47. The first-order valence-electron chi connectivity index (χ1n) is 5.01. The highest BCUT2D eigenvalue weighted by Crippen LogP contribution is 2.37. The fourth-order valence-corrected chi connectivity index (χ4v) is 2.42. The lowest BCUT2D eigenvalue weighted by molar-refractivity contribution is 0.415. The van der Waals surface area contributed by atoms with Crippen LogP contribution in [0.1, 0.15) is 0 Å². The fourth-order valence-electron chi connectivity index (χ4n) is 1.57. The molecule has 0 aromatic heterocycles. The topological polar surface area (TPSA) is 9.23 Å². The lowest BCUT2D eigenvalue weighted by Crippen LogP contribution is -1.86. The van der Waals surface area contributed by atoms with Gasteiger partial charge in [-0.25, -0.2) is 0 Å². The van der Waals surface area contributed by atoms with Crippen LogP contribution in [-0.4, -0.2) is 7.11 Å². The molecule has 0 aliphatic heterocycles. The molecule has 1 nitrogen and oxygen atoms in total. The largest absolute Gasteiger partial charge is 0.495 e. The molecule has 0 radical (unpaired) electrons. The predicted molar refractivity (Wildman–Crippen MR) is 78.5 cm³/mol. The van der Waals surface area contributed by atoms with Gasteiger partial charge in [0, 0.05) is 10.6 Å². The van der Waals surface area contributed by atoms with E-state index < -0.39 is 0 Å². The summed E-state index contributed by atoms with van der Waals surface area (Å²) in [5.74, 6) is 0.580. The molecular formula is C13H8Cl4O. The van der Waals surface area contributed by atoms with Crippen molar-refractivity contribution in [2.75, 3.05) is 7.11 Å². The van der Waals surface area contributed by atoms with Crippen molar-refractivity contribution in [1.29, 1.82) is 0 Å². The van der Waals surface area contributed by atoms with Gasteiger partial charge in [-0.05, 0) is 29.8 Å². The zero-order valence-electron chi connectivity index (χ0n) is 9.31. The molecular weight excluding hydrogens is 314 g/mol. The average Bonchev–Trinajstić information content (AvgIpc) is 2.35. The molecule has 2 aromatic rings. The van der Waals surface area contributed by atoms with Crippen molar-refractivity contribution < 1.29 is 4.74 Å². The maximum absolute atomic E-state index is 6.15. The maximum Gasteiger partial charge on any atom is 0.138 e. The van der Waals surface area contributed by atoms with Crippen molar-refractivity contribution in [1.82, 2.24) is 0 Å². The summed E-state index contributed by atoms with van der Waals surface area (Å²) in [5, 5.41) is 1.93. The van der Waals surface area contributed by atoms with Crippen molar-refractivity contribution >= 4 is 46.4 Å². The Morgan fingerprint density at radius 3 is 2.11 bits per heavy atom. The van der Waals surface area contributed by atoms with Gasteiger partial charge in [-0.2, -0.15) is 0 Å². The van der Waals surface area contributed by atoms with Crippen molar-refractivity contribution in [2.45, 2.75) is 0 Å². The number of rotatable bonds is 2. The first-order valence-corrected chi connectivity index (χ1v) is 6.52. The quantitative estimate of drug-likeness (QED) is 0.618. The van der Waals surface area contributed by atoms with Gasteiger partial charge in [-0.3, -0.25) is 0 Å². The van der Waals surface area contributed by atoms with Gasteiger partial charge in [-0.1, -0.05) is 52.5 Å². The number of hydrogen-bond donors (Lipinski definition) is 0. The summed E-state index contributed by atoms with van der Waals surface area (Å²) in [6, 6.07) is 8.72. The Morgan fingerprint density at radius 1 is 0.778 bits per heavy atom. The molecule has 0 N–H and O–H groups in total. The molecule has 0 amide bonds. The van der Waals surface area contributed by atoms with Crippen LogP contribution in [0.2, 0.25) is 20.1 Å². The molecule has 0 saturated carbocycles. The average molecular weight is 322 g/mol. The predicted octanol–water partition coefficient (Wildman–Crippen LogP) is 5.98. The van der Waals surface area contributed by atoms with Crippen molar-refractivity contribution in [3.05, 3.63) is 50.4 Å². The number of benzene rings is 2. The molecule has 0 aliphatic carbocycles. The van der Waals surface area contributed by atoms with E-state index in [0.717, 1.165) is 11.1 Å². The van der Waals surface area contributed by atoms with Gasteiger partial charge in [0.1, 0.15) is 5.75 Å². The van der Waals surface area contributed by atoms with E-state index in [2.05, 4.69) is 0 Å². The minimum Gasteiger partial charge on any atom is -0.495 e. The second kappa shape index (κ2) is 5.58. The minimum absolute atomic E-state index is 0.423. The summed E-state index contributed by atoms with van der Waals surface area (Å²) in [6.07, 6.45) is 0. The molecule has 0 aliphatic rings. The van der Waals surface area contributed by atoms with Crippen molar-refractivity contribution in [2.24, 2.45) is 0 Å². The lowest BCUT2D eigenvalue weighted by atomic mass is 10.1. The second-order valence-corrected chi connectivity index (χ2v) is 5.22. The standard InChI is InChI=1S/C13H8Cl4O/c1-18-13-4-7(2-3-9(13)14)8-5-11(16)12(17)6-10(8)15/h2-6H,1H3. The van der Waals surface area contributed by atoms with Gasteiger partial charge in [0.05, 0.1) is 22.2 Å². The minimum atomic E-state index is 0.423. The number of hydrogen-bond acceptors (Lipinski definition) is 1. The molecule has 0 atom stereocenters. The van der Waals surface area contributed by atoms with Crippen LogP contribution in [0.3, 0.4) is 0 Å². The molecule has 2 rings (SSSR count). The van der Waals surface area contributed by atoms with Gasteiger partial charge >= 0.3 is 0 Å². The highest BCUT2D eigenvalue weighted by atomic mass is 35.5. The summed E-state index contributed by atoms with van der Waals surface area (Å²) in [7, 11) is 1.56. The van der Waals surface area contributed by atoms with Gasteiger partial charge in [0.15, 0.2) is 0 Å². The molecule has 0 saturated heterocycles. The van der Waals surface area contributed by atoms with Crippen LogP contribution in [0.15, 0.2) is 30.3 Å². The third kappa shape index (κ3) is 2.70. The first-order chi connectivity index (χ1) is 8.52. The summed E-state index contributed by atoms with van der Waals surface area (Å²) < 4.78 is 5.17. The van der Waals surface area contributed by atoms with E-state index in [1.54, 1.807) is 31.4 Å². The Labute approximate surface area is 125 Å². The van der Waals surface area contributed by atoms with E-state index in [-0.39, 0.29) is 0 Å². The van der Waals surface area contributed by atoms with Crippen LogP contribution in [0.25, 0.3) is 11.1 Å². The summed E-state index contributed by atoms with van der Waals surface area (Å²) >= 11 is 24.0. The van der Waals surface area contributed by atoms with Crippen LogP contribution < -0.4 is 4.74 Å². The molecule has 0 bridgehead atoms. The van der Waals surface area contributed by atoms with E-state index >= 15 is 0 Å². The Morgan fingerprint density at radius 2 is 1.44 bits per heavy atom. The van der Waals surface area contributed by atoms with Crippen LogP contribution in [0.5, 0.6) is 5.75 Å². The van der Waals surface area contributed by atoms with E-state index in [1.807, 2.05) is 6.07 Å². The van der Waals surface area contributed by atoms with Crippen LogP contribution in [0, 0.1) is 0 Å². The highest BCUT2D eigenvalue weighted by molar-refractivity contribution is 6.44. The summed E-state index contributed by atoms with van der Waals surface area (Å²) in [4.78, 5) is 0. The van der Waals surface area contributed by atoms with Crippen molar-refractivity contribution in [3.63, 3.8) is 0 Å².